The van der Waals surface area contributed by atoms with Crippen LogP contribution in [0.4, 0.5) is 0 Å². The van der Waals surface area contributed by atoms with Gasteiger partial charge in [0.2, 0.25) is 0 Å². The maximum atomic E-state index is 9.31. The van der Waals surface area contributed by atoms with Crippen molar-refractivity contribution in [3.8, 4) is 5.75 Å². The Kier molecular flexibility index (Phi) is 2.80. The van der Waals surface area contributed by atoms with Gasteiger partial charge in [0.25, 0.3) is 0 Å². The van der Waals surface area contributed by atoms with E-state index in [-0.39, 0.29) is 26.2 Å². The van der Waals surface area contributed by atoms with Crippen molar-refractivity contribution in [2.75, 3.05) is 0 Å². The molecule has 0 aliphatic carbocycles. The fourth-order valence-corrected chi connectivity index (χ4v) is 1.09. The molecular weight excluding hydrogens is 324 g/mol. The number of rotatable bonds is 0. The van der Waals surface area contributed by atoms with Crippen molar-refractivity contribution in [3.05, 3.63) is 36.5 Å². The fraction of sp³-hybridized carbons (Fsp3) is 0. The summed E-state index contributed by atoms with van der Waals surface area (Å²) in [7, 11) is 0. The van der Waals surface area contributed by atoms with Crippen LogP contribution in [0.5, 0.6) is 5.75 Å². The van der Waals surface area contributed by atoms with Gasteiger partial charge in [0.05, 0.1) is 0 Å². The Labute approximate surface area is 83.9 Å². The van der Waals surface area contributed by atoms with Crippen LogP contribution in [0.15, 0.2) is 36.5 Å². The standard InChI is InChI=1S/C9H7NO.Re/c11-8-5-1-3-7-4-2-6-10-9(7)8;/h1-6,11H;. The Hall–Kier alpha value is -0.908. The van der Waals surface area contributed by atoms with Gasteiger partial charge in [0, 0.05) is 32.0 Å². The molecule has 1 heterocycles. The van der Waals surface area contributed by atoms with Crippen molar-refractivity contribution in [3.63, 3.8) is 0 Å². The van der Waals surface area contributed by atoms with Crippen LogP contribution in [0.3, 0.4) is 0 Å². The molecule has 61 valence electrons. The molecule has 12 heavy (non-hydrogen) atoms. The smallest absolute Gasteiger partial charge is 0.141 e. The van der Waals surface area contributed by atoms with Crippen LogP contribution < -0.4 is 0 Å². The van der Waals surface area contributed by atoms with Crippen molar-refractivity contribution in [2.24, 2.45) is 0 Å². The molecule has 0 bridgehead atoms. The summed E-state index contributed by atoms with van der Waals surface area (Å²) in [4.78, 5) is 4.03. The monoisotopic (exact) mass is 332 g/mol. The average molecular weight is 331 g/mol. The number of para-hydroxylation sites is 1. The SMILES string of the molecule is Oc1cccc2cccnc12.[Re]. The van der Waals surface area contributed by atoms with E-state index < -0.39 is 0 Å². The molecule has 2 nitrogen and oxygen atoms in total. The molecule has 2 aromatic rings. The average Bonchev–Trinajstić information content (AvgIpc) is 2.06. The van der Waals surface area contributed by atoms with E-state index in [0.29, 0.717) is 5.52 Å². The minimum atomic E-state index is 0. The molecule has 3 heteroatoms. The van der Waals surface area contributed by atoms with E-state index in [1.165, 1.54) is 0 Å². The number of fused-ring (bicyclic) bond motifs is 1. The van der Waals surface area contributed by atoms with Gasteiger partial charge in [-0.2, -0.15) is 0 Å². The molecular formula is C9H7NORe. The third-order valence-corrected chi connectivity index (χ3v) is 1.61. The number of nitrogens with zero attached hydrogens (tertiary/aromatic N) is 1. The van der Waals surface area contributed by atoms with Gasteiger partial charge in [0.15, 0.2) is 0 Å². The topological polar surface area (TPSA) is 33.1 Å². The Morgan fingerprint density at radius 2 is 1.83 bits per heavy atom. The zero-order valence-electron chi connectivity index (χ0n) is 6.24. The summed E-state index contributed by atoms with van der Waals surface area (Å²) in [6, 6.07) is 9.13. The first-order valence-corrected chi connectivity index (χ1v) is 3.40. The Bertz CT molecular complexity index is 384. The van der Waals surface area contributed by atoms with E-state index in [1.54, 1.807) is 18.3 Å². The second kappa shape index (κ2) is 3.66. The van der Waals surface area contributed by atoms with Gasteiger partial charge >= 0.3 is 0 Å². The molecule has 0 spiro atoms. The molecule has 0 aliphatic heterocycles. The van der Waals surface area contributed by atoms with Crippen molar-refractivity contribution >= 4 is 10.9 Å². The van der Waals surface area contributed by atoms with Gasteiger partial charge in [-0.25, -0.2) is 0 Å². The van der Waals surface area contributed by atoms with Gasteiger partial charge in [-0.15, -0.1) is 0 Å². The van der Waals surface area contributed by atoms with Gasteiger partial charge in [-0.05, 0) is 12.1 Å². The number of phenols is 1. The first-order chi connectivity index (χ1) is 5.38. The van der Waals surface area contributed by atoms with Gasteiger partial charge < -0.3 is 5.11 Å². The quantitative estimate of drug-likeness (QED) is 0.800. The largest absolute Gasteiger partial charge is 0.506 e. The first kappa shape index (κ1) is 9.18. The van der Waals surface area contributed by atoms with Gasteiger partial charge in [-0.1, -0.05) is 18.2 Å². The molecule has 0 fully saturated rings. The van der Waals surface area contributed by atoms with Crippen LogP contribution in [-0.4, -0.2) is 10.1 Å². The van der Waals surface area contributed by atoms with E-state index in [1.807, 2.05) is 18.2 Å². The van der Waals surface area contributed by atoms with Crippen LogP contribution in [0.25, 0.3) is 10.9 Å². The minimum Gasteiger partial charge on any atom is -0.506 e. The molecule has 0 amide bonds. The summed E-state index contributed by atoms with van der Waals surface area (Å²) in [5.74, 6) is 0.239. The van der Waals surface area contributed by atoms with E-state index in [0.717, 1.165) is 5.39 Å². The maximum absolute atomic E-state index is 9.31. The summed E-state index contributed by atoms with van der Waals surface area (Å²) in [6.07, 6.45) is 1.67. The third kappa shape index (κ3) is 1.47. The number of hydrogen-bond acceptors (Lipinski definition) is 2. The predicted molar refractivity (Wildman–Crippen MR) is 43.4 cm³/mol. The predicted octanol–water partition coefficient (Wildman–Crippen LogP) is 1.94. The molecule has 2 rings (SSSR count). The van der Waals surface area contributed by atoms with Gasteiger partial charge in [-0.3, -0.25) is 4.98 Å². The summed E-state index contributed by atoms with van der Waals surface area (Å²) in [6.45, 7) is 0. The number of aromatic nitrogens is 1. The first-order valence-electron chi connectivity index (χ1n) is 3.40. The maximum Gasteiger partial charge on any atom is 0.141 e. The molecule has 1 radical (unpaired) electrons. The molecule has 0 atom stereocenters. The van der Waals surface area contributed by atoms with E-state index in [4.69, 9.17) is 0 Å². The summed E-state index contributed by atoms with van der Waals surface area (Å²) in [5, 5.41) is 10.3. The molecule has 1 N–H and O–H groups in total. The third-order valence-electron chi connectivity index (χ3n) is 1.61. The van der Waals surface area contributed by atoms with Crippen molar-refractivity contribution < 1.29 is 25.5 Å². The number of benzene rings is 1. The fourth-order valence-electron chi connectivity index (χ4n) is 1.09. The summed E-state index contributed by atoms with van der Waals surface area (Å²) in [5.41, 5.74) is 0.662. The summed E-state index contributed by atoms with van der Waals surface area (Å²) >= 11 is 0. The summed E-state index contributed by atoms with van der Waals surface area (Å²) < 4.78 is 0. The Morgan fingerprint density at radius 3 is 2.58 bits per heavy atom. The molecule has 0 aliphatic rings. The Balaban J connectivity index is 0.000000720. The molecule has 0 saturated heterocycles. The van der Waals surface area contributed by atoms with Crippen molar-refractivity contribution in [1.82, 2.24) is 4.98 Å². The van der Waals surface area contributed by atoms with E-state index >= 15 is 0 Å². The number of hydrogen-bond donors (Lipinski definition) is 1. The van der Waals surface area contributed by atoms with Gasteiger partial charge in [0.1, 0.15) is 11.3 Å². The molecule has 1 aromatic carbocycles. The van der Waals surface area contributed by atoms with Crippen LogP contribution >= 0.6 is 0 Å². The normalized spacial score (nSPS) is 9.33. The van der Waals surface area contributed by atoms with Crippen molar-refractivity contribution in [1.29, 1.82) is 0 Å². The second-order valence-electron chi connectivity index (χ2n) is 2.35. The number of pyridine rings is 1. The van der Waals surface area contributed by atoms with Crippen LogP contribution in [-0.2, 0) is 20.4 Å². The van der Waals surface area contributed by atoms with Crippen LogP contribution in [0.1, 0.15) is 0 Å². The minimum absolute atomic E-state index is 0. The molecule has 0 unspecified atom stereocenters. The van der Waals surface area contributed by atoms with Crippen molar-refractivity contribution in [2.45, 2.75) is 0 Å². The van der Waals surface area contributed by atoms with E-state index in [9.17, 15) is 5.11 Å². The Morgan fingerprint density at radius 1 is 1.08 bits per heavy atom. The molecule has 0 saturated carbocycles. The number of aromatic hydroxyl groups is 1. The van der Waals surface area contributed by atoms with Crippen LogP contribution in [0, 0.1) is 0 Å². The zero-order valence-corrected chi connectivity index (χ0v) is 8.95. The second-order valence-corrected chi connectivity index (χ2v) is 2.35. The number of phenolic OH excluding ortho intramolecular Hbond substituents is 1. The zero-order chi connectivity index (χ0) is 7.68. The van der Waals surface area contributed by atoms with Crippen LogP contribution in [0.2, 0.25) is 0 Å². The molecule has 1 aromatic heterocycles. The van der Waals surface area contributed by atoms with E-state index in [2.05, 4.69) is 4.98 Å².